The molecule has 0 spiro atoms. The van der Waals surface area contributed by atoms with E-state index in [-0.39, 0.29) is 23.8 Å². The van der Waals surface area contributed by atoms with Gasteiger partial charge in [0.05, 0.1) is 11.1 Å². The number of benzene rings is 1. The van der Waals surface area contributed by atoms with Crippen LogP contribution in [0.25, 0.3) is 33.7 Å². The molecular formula is C22H16N6O4. The van der Waals surface area contributed by atoms with Gasteiger partial charge in [-0.05, 0) is 25.1 Å². The van der Waals surface area contributed by atoms with E-state index in [1.165, 1.54) is 10.6 Å². The maximum atomic E-state index is 12.9. The van der Waals surface area contributed by atoms with Crippen molar-refractivity contribution in [3.63, 3.8) is 0 Å². The average molecular weight is 428 g/mol. The Bertz CT molecular complexity index is 1490. The van der Waals surface area contributed by atoms with Crippen molar-refractivity contribution in [2.24, 2.45) is 0 Å². The van der Waals surface area contributed by atoms with Gasteiger partial charge in [0.15, 0.2) is 5.82 Å². The van der Waals surface area contributed by atoms with Gasteiger partial charge >= 0.3 is 0 Å². The SMILES string of the molecule is Cc1cc(NC(=O)Cn2c(=O)cc(-c3nc(-c4ccncc4)no3)c3ccccc32)no1. The van der Waals surface area contributed by atoms with E-state index >= 15 is 0 Å². The summed E-state index contributed by atoms with van der Waals surface area (Å²) in [6.07, 6.45) is 3.26. The molecule has 4 aromatic heterocycles. The van der Waals surface area contributed by atoms with Gasteiger partial charge in [-0.2, -0.15) is 4.98 Å². The van der Waals surface area contributed by atoms with Crippen LogP contribution in [0.1, 0.15) is 5.76 Å². The Morgan fingerprint density at radius 3 is 2.66 bits per heavy atom. The zero-order valence-electron chi connectivity index (χ0n) is 16.8. The number of aromatic nitrogens is 5. The van der Waals surface area contributed by atoms with Gasteiger partial charge in [0.1, 0.15) is 12.3 Å². The van der Waals surface area contributed by atoms with Crippen molar-refractivity contribution in [1.29, 1.82) is 0 Å². The molecule has 5 rings (SSSR count). The first-order chi connectivity index (χ1) is 15.6. The number of carbonyl (C=O) groups is 1. The van der Waals surface area contributed by atoms with Crippen LogP contribution in [0.5, 0.6) is 0 Å². The van der Waals surface area contributed by atoms with E-state index in [0.717, 1.165) is 5.56 Å². The predicted octanol–water partition coefficient (Wildman–Crippen LogP) is 3.05. The summed E-state index contributed by atoms with van der Waals surface area (Å²) in [5.74, 6) is 1.04. The van der Waals surface area contributed by atoms with Crippen molar-refractivity contribution < 1.29 is 13.8 Å². The predicted molar refractivity (Wildman–Crippen MR) is 115 cm³/mol. The molecule has 10 heteroatoms. The maximum Gasteiger partial charge on any atom is 0.259 e. The third-order valence-electron chi connectivity index (χ3n) is 4.81. The molecule has 5 aromatic rings. The number of nitrogens with one attached hydrogen (secondary N) is 1. The van der Waals surface area contributed by atoms with Crippen molar-refractivity contribution in [2.75, 3.05) is 5.32 Å². The Labute approximate surface area is 180 Å². The molecule has 158 valence electrons. The molecule has 0 aliphatic heterocycles. The highest BCUT2D eigenvalue weighted by Gasteiger charge is 2.18. The van der Waals surface area contributed by atoms with E-state index in [0.29, 0.717) is 28.1 Å². The Kier molecular flexibility index (Phi) is 4.79. The van der Waals surface area contributed by atoms with Gasteiger partial charge in [0.2, 0.25) is 11.7 Å². The second-order valence-electron chi connectivity index (χ2n) is 7.03. The first-order valence-corrected chi connectivity index (χ1v) is 9.69. The molecule has 1 amide bonds. The van der Waals surface area contributed by atoms with E-state index < -0.39 is 5.91 Å². The zero-order chi connectivity index (χ0) is 22.1. The molecule has 0 unspecified atom stereocenters. The van der Waals surface area contributed by atoms with Crippen LogP contribution in [0, 0.1) is 6.92 Å². The lowest BCUT2D eigenvalue weighted by molar-refractivity contribution is -0.116. The quantitative estimate of drug-likeness (QED) is 0.452. The molecule has 0 aliphatic carbocycles. The summed E-state index contributed by atoms with van der Waals surface area (Å²) in [5, 5.41) is 11.1. The lowest BCUT2D eigenvalue weighted by atomic mass is 10.1. The van der Waals surface area contributed by atoms with Crippen molar-refractivity contribution in [1.82, 2.24) is 24.8 Å². The number of carbonyl (C=O) groups excluding carboxylic acids is 1. The Balaban J connectivity index is 1.52. The molecule has 0 aliphatic rings. The summed E-state index contributed by atoms with van der Waals surface area (Å²) in [6, 6.07) is 13.7. The lowest BCUT2D eigenvalue weighted by Crippen LogP contribution is -2.27. The molecule has 0 saturated carbocycles. The van der Waals surface area contributed by atoms with Crippen molar-refractivity contribution >= 4 is 22.6 Å². The summed E-state index contributed by atoms with van der Waals surface area (Å²) in [7, 11) is 0. The highest BCUT2D eigenvalue weighted by atomic mass is 16.5. The van der Waals surface area contributed by atoms with Gasteiger partial charge in [0.25, 0.3) is 11.4 Å². The smallest absolute Gasteiger partial charge is 0.259 e. The molecule has 4 heterocycles. The second-order valence-corrected chi connectivity index (χ2v) is 7.03. The molecule has 1 N–H and O–H groups in total. The van der Waals surface area contributed by atoms with Crippen LogP contribution in [0.15, 0.2) is 74.8 Å². The number of amides is 1. The number of hydrogen-bond donors (Lipinski definition) is 1. The fourth-order valence-corrected chi connectivity index (χ4v) is 3.38. The van der Waals surface area contributed by atoms with Crippen LogP contribution in [0.3, 0.4) is 0 Å². The molecule has 0 radical (unpaired) electrons. The third kappa shape index (κ3) is 3.65. The Morgan fingerprint density at radius 1 is 1.06 bits per heavy atom. The van der Waals surface area contributed by atoms with E-state index in [4.69, 9.17) is 9.05 Å². The second kappa shape index (κ2) is 7.91. The van der Waals surface area contributed by atoms with Crippen LogP contribution < -0.4 is 10.9 Å². The Morgan fingerprint density at radius 2 is 1.88 bits per heavy atom. The zero-order valence-corrected chi connectivity index (χ0v) is 16.8. The molecule has 1 aromatic carbocycles. The van der Waals surface area contributed by atoms with Crippen LogP contribution in [-0.4, -0.2) is 30.8 Å². The Hall–Kier alpha value is -4.60. The minimum atomic E-state index is -0.406. The summed E-state index contributed by atoms with van der Waals surface area (Å²) < 4.78 is 11.8. The number of fused-ring (bicyclic) bond motifs is 1. The van der Waals surface area contributed by atoms with E-state index in [2.05, 4.69) is 25.6 Å². The normalized spacial score (nSPS) is 11.0. The number of nitrogens with zero attached hydrogens (tertiary/aromatic N) is 5. The molecule has 10 nitrogen and oxygen atoms in total. The van der Waals surface area contributed by atoms with Crippen LogP contribution in [0.2, 0.25) is 0 Å². The van der Waals surface area contributed by atoms with Gasteiger partial charge in [-0.1, -0.05) is 28.5 Å². The number of rotatable bonds is 5. The fraction of sp³-hybridized carbons (Fsp3) is 0.0909. The van der Waals surface area contributed by atoms with E-state index in [9.17, 15) is 9.59 Å². The monoisotopic (exact) mass is 428 g/mol. The minimum absolute atomic E-state index is 0.197. The highest BCUT2D eigenvalue weighted by Crippen LogP contribution is 2.27. The average Bonchev–Trinajstić information content (AvgIpc) is 3.45. The van der Waals surface area contributed by atoms with Crippen molar-refractivity contribution in [2.45, 2.75) is 13.5 Å². The summed E-state index contributed by atoms with van der Waals surface area (Å²) in [6.45, 7) is 1.52. The van der Waals surface area contributed by atoms with Gasteiger partial charge in [-0.3, -0.25) is 19.1 Å². The molecule has 0 bridgehead atoms. The van der Waals surface area contributed by atoms with Crippen molar-refractivity contribution in [3.05, 3.63) is 77.0 Å². The topological polar surface area (TPSA) is 129 Å². The van der Waals surface area contributed by atoms with Gasteiger partial charge < -0.3 is 14.4 Å². The number of hydrogen-bond acceptors (Lipinski definition) is 8. The number of anilines is 1. The van der Waals surface area contributed by atoms with Gasteiger partial charge in [-0.15, -0.1) is 0 Å². The summed E-state index contributed by atoms with van der Waals surface area (Å²) >= 11 is 0. The summed E-state index contributed by atoms with van der Waals surface area (Å²) in [4.78, 5) is 33.9. The molecule has 0 saturated heterocycles. The first-order valence-electron chi connectivity index (χ1n) is 9.69. The van der Waals surface area contributed by atoms with Crippen molar-refractivity contribution in [3.8, 4) is 22.8 Å². The largest absolute Gasteiger partial charge is 0.360 e. The first kappa shape index (κ1) is 19.4. The molecule has 0 fully saturated rings. The lowest BCUT2D eigenvalue weighted by Gasteiger charge is -2.11. The summed E-state index contributed by atoms with van der Waals surface area (Å²) in [5.41, 5.74) is 1.41. The standard InChI is InChI=1S/C22H16N6O4/c1-13-10-18(26-31-13)24-19(29)12-28-17-5-3-2-4-15(17)16(11-20(28)30)22-25-21(27-32-22)14-6-8-23-9-7-14/h2-11H,12H2,1H3,(H,24,26,29). The highest BCUT2D eigenvalue weighted by molar-refractivity contribution is 5.95. The fourth-order valence-electron chi connectivity index (χ4n) is 3.38. The number of pyridine rings is 2. The van der Waals surface area contributed by atoms with Gasteiger partial charge in [0, 0.05) is 35.5 Å². The molecule has 0 atom stereocenters. The van der Waals surface area contributed by atoms with Crippen LogP contribution in [0.4, 0.5) is 5.82 Å². The van der Waals surface area contributed by atoms with Gasteiger partial charge in [-0.25, -0.2) is 0 Å². The van der Waals surface area contributed by atoms with Crippen LogP contribution >= 0.6 is 0 Å². The maximum absolute atomic E-state index is 12.9. The van der Waals surface area contributed by atoms with E-state index in [1.807, 2.05) is 12.1 Å². The minimum Gasteiger partial charge on any atom is -0.360 e. The third-order valence-corrected chi connectivity index (χ3v) is 4.81. The van der Waals surface area contributed by atoms with E-state index in [1.54, 1.807) is 49.6 Å². The number of para-hydroxylation sites is 1. The molecular weight excluding hydrogens is 412 g/mol. The van der Waals surface area contributed by atoms with Crippen LogP contribution in [-0.2, 0) is 11.3 Å². The molecule has 32 heavy (non-hydrogen) atoms. The number of aryl methyl sites for hydroxylation is 1.